The summed E-state index contributed by atoms with van der Waals surface area (Å²) in [7, 11) is 7.30. The number of hydrogen-bond donors (Lipinski definition) is 0. The van der Waals surface area contributed by atoms with Crippen LogP contribution in [0, 0.1) is 5.92 Å². The topological polar surface area (TPSA) is 69.2 Å². The summed E-state index contributed by atoms with van der Waals surface area (Å²) < 4.78 is 22.9. The third-order valence-electron chi connectivity index (χ3n) is 8.64. The van der Waals surface area contributed by atoms with E-state index in [0.717, 1.165) is 64.9 Å². The summed E-state index contributed by atoms with van der Waals surface area (Å²) >= 11 is 24.9. The highest BCUT2D eigenvalue weighted by atomic mass is 35.5. The van der Waals surface area contributed by atoms with Gasteiger partial charge in [-0.2, -0.15) is 0 Å². The molecule has 0 bridgehead atoms. The van der Waals surface area contributed by atoms with E-state index >= 15 is 0 Å². The molecule has 2 aromatic heterocycles. The van der Waals surface area contributed by atoms with Gasteiger partial charge >= 0.3 is 0 Å². The van der Waals surface area contributed by atoms with Crippen LogP contribution in [0.25, 0.3) is 0 Å². The number of ether oxygens (including phenoxy) is 4. The minimum Gasteiger partial charge on any atom is -0.493 e. The highest BCUT2D eigenvalue weighted by molar-refractivity contribution is 6.36. The first-order valence-electron chi connectivity index (χ1n) is 16.3. The SMILES string of the molecule is COc1ccc(N(C)Cc2c(Cl)cncc2Cl)cc1OC1CCCC1.COc1ccc(N(C)Cc2c(Cl)cncc2Cl)cc1OCC1CC1. The van der Waals surface area contributed by atoms with Crippen LogP contribution < -0.4 is 28.7 Å². The molecular formula is C37H42Cl4N4O4. The lowest BCUT2D eigenvalue weighted by molar-refractivity contribution is 0.201. The smallest absolute Gasteiger partial charge is 0.163 e. The number of hydrogen-bond acceptors (Lipinski definition) is 8. The molecule has 0 N–H and O–H groups in total. The molecule has 2 aliphatic rings. The van der Waals surface area contributed by atoms with Gasteiger partial charge in [0.15, 0.2) is 23.0 Å². The van der Waals surface area contributed by atoms with E-state index in [0.29, 0.717) is 39.1 Å². The molecule has 0 spiro atoms. The van der Waals surface area contributed by atoms with E-state index in [9.17, 15) is 0 Å². The Morgan fingerprint density at radius 3 is 1.53 bits per heavy atom. The normalized spacial score (nSPS) is 14.1. The van der Waals surface area contributed by atoms with Crippen LogP contribution in [0.4, 0.5) is 11.4 Å². The minimum atomic E-state index is 0.276. The Labute approximate surface area is 309 Å². The predicted molar refractivity (Wildman–Crippen MR) is 200 cm³/mol. The van der Waals surface area contributed by atoms with Gasteiger partial charge in [-0.3, -0.25) is 9.97 Å². The highest BCUT2D eigenvalue weighted by Gasteiger charge is 2.23. The molecule has 2 heterocycles. The van der Waals surface area contributed by atoms with Gasteiger partial charge in [-0.25, -0.2) is 0 Å². The van der Waals surface area contributed by atoms with E-state index in [4.69, 9.17) is 65.4 Å². The first kappa shape index (κ1) is 37.0. The molecular weight excluding hydrogens is 706 g/mol. The maximum atomic E-state index is 6.24. The monoisotopic (exact) mass is 746 g/mol. The van der Waals surface area contributed by atoms with Crippen LogP contribution in [0.2, 0.25) is 20.1 Å². The van der Waals surface area contributed by atoms with E-state index < -0.39 is 0 Å². The van der Waals surface area contributed by atoms with Gasteiger partial charge in [-0.05, 0) is 68.7 Å². The van der Waals surface area contributed by atoms with Gasteiger partial charge in [0.1, 0.15) is 0 Å². The third kappa shape index (κ3) is 10.1. The number of aromatic nitrogens is 2. The number of anilines is 2. The fourth-order valence-electron chi connectivity index (χ4n) is 5.52. The average molecular weight is 749 g/mol. The van der Waals surface area contributed by atoms with Crippen molar-refractivity contribution < 1.29 is 18.9 Å². The molecule has 8 nitrogen and oxygen atoms in total. The summed E-state index contributed by atoms with van der Waals surface area (Å²) in [6.45, 7) is 1.90. The van der Waals surface area contributed by atoms with Crippen molar-refractivity contribution in [2.75, 3.05) is 44.7 Å². The molecule has 0 radical (unpaired) electrons. The number of pyridine rings is 2. The number of benzene rings is 2. The van der Waals surface area contributed by atoms with Gasteiger partial charge in [0.2, 0.25) is 0 Å². The van der Waals surface area contributed by atoms with Crippen molar-refractivity contribution in [2.45, 2.75) is 57.7 Å². The van der Waals surface area contributed by atoms with Gasteiger partial charge in [0.05, 0.1) is 47.0 Å². The lowest BCUT2D eigenvalue weighted by Gasteiger charge is -2.23. The zero-order valence-corrected chi connectivity index (χ0v) is 31.2. The first-order chi connectivity index (χ1) is 23.7. The summed E-state index contributed by atoms with van der Waals surface area (Å²) in [4.78, 5) is 12.1. The molecule has 49 heavy (non-hydrogen) atoms. The second kappa shape index (κ2) is 17.6. The molecule has 2 fully saturated rings. The molecule has 2 aliphatic carbocycles. The molecule has 0 amide bonds. The average Bonchev–Trinajstić information content (AvgIpc) is 3.80. The van der Waals surface area contributed by atoms with Gasteiger partial charge in [-0.1, -0.05) is 46.4 Å². The number of rotatable bonds is 13. The second-order valence-corrected chi connectivity index (χ2v) is 14.0. The Balaban J connectivity index is 0.000000191. The zero-order chi connectivity index (χ0) is 34.9. The Hall–Kier alpha value is -3.30. The van der Waals surface area contributed by atoms with Crippen molar-refractivity contribution in [3.63, 3.8) is 0 Å². The van der Waals surface area contributed by atoms with Crippen LogP contribution >= 0.6 is 46.4 Å². The molecule has 0 unspecified atom stereocenters. The van der Waals surface area contributed by atoms with Gasteiger partial charge in [0, 0.05) is 86.6 Å². The van der Waals surface area contributed by atoms with Crippen LogP contribution in [0.1, 0.15) is 49.7 Å². The molecule has 2 aromatic carbocycles. The summed E-state index contributed by atoms with van der Waals surface area (Å²) in [5, 5.41) is 2.26. The van der Waals surface area contributed by atoms with E-state index in [-0.39, 0.29) is 6.10 Å². The van der Waals surface area contributed by atoms with Crippen molar-refractivity contribution >= 4 is 57.8 Å². The maximum absolute atomic E-state index is 6.24. The van der Waals surface area contributed by atoms with Crippen LogP contribution in [0.5, 0.6) is 23.0 Å². The molecule has 4 aromatic rings. The Morgan fingerprint density at radius 1 is 0.633 bits per heavy atom. The van der Waals surface area contributed by atoms with Crippen LogP contribution in [-0.2, 0) is 13.1 Å². The van der Waals surface area contributed by atoms with E-state index in [1.165, 1.54) is 25.7 Å². The van der Waals surface area contributed by atoms with Crippen LogP contribution in [0.15, 0.2) is 61.2 Å². The molecule has 0 atom stereocenters. The standard InChI is InChI=1S/C19H22Cl2N2O2.C18H20Cl2N2O2/c1-23(12-15-16(20)10-22-11-17(15)21)13-7-8-18(24-2)19(9-13)25-14-5-3-4-6-14;1-22(10-14-15(19)8-21-9-16(14)20)13-5-6-17(23-2)18(7-13)24-11-12-3-4-12/h7-11,14H,3-6,12H2,1-2H3;5-9,12H,3-4,10-11H2,1-2H3. The highest BCUT2D eigenvalue weighted by Crippen LogP contribution is 2.37. The lowest BCUT2D eigenvalue weighted by Crippen LogP contribution is -2.18. The summed E-state index contributed by atoms with van der Waals surface area (Å²) in [5.74, 6) is 3.73. The van der Waals surface area contributed by atoms with Crippen molar-refractivity contribution in [3.05, 3.63) is 92.4 Å². The van der Waals surface area contributed by atoms with Gasteiger partial charge in [0.25, 0.3) is 0 Å². The molecule has 12 heteroatoms. The fourth-order valence-corrected chi connectivity index (χ4v) is 6.49. The second-order valence-electron chi connectivity index (χ2n) is 12.3. The Bertz CT molecular complexity index is 1660. The largest absolute Gasteiger partial charge is 0.493 e. The van der Waals surface area contributed by atoms with Crippen LogP contribution in [0.3, 0.4) is 0 Å². The lowest BCUT2D eigenvalue weighted by atomic mass is 10.2. The number of nitrogens with zero attached hydrogens (tertiary/aromatic N) is 4. The fraction of sp³-hybridized carbons (Fsp3) is 0.405. The zero-order valence-electron chi connectivity index (χ0n) is 28.2. The van der Waals surface area contributed by atoms with Crippen molar-refractivity contribution in [1.29, 1.82) is 0 Å². The van der Waals surface area contributed by atoms with Crippen molar-refractivity contribution in [1.82, 2.24) is 9.97 Å². The molecule has 0 aliphatic heterocycles. The summed E-state index contributed by atoms with van der Waals surface area (Å²) in [6, 6.07) is 11.9. The molecule has 262 valence electrons. The van der Waals surface area contributed by atoms with Crippen LogP contribution in [-0.4, -0.2) is 51.0 Å². The third-order valence-corrected chi connectivity index (χ3v) is 9.94. The van der Waals surface area contributed by atoms with Gasteiger partial charge < -0.3 is 28.7 Å². The summed E-state index contributed by atoms with van der Waals surface area (Å²) in [5.41, 5.74) is 3.73. The first-order valence-corrected chi connectivity index (χ1v) is 17.8. The Kier molecular flexibility index (Phi) is 13.3. The number of halogens is 4. The molecule has 0 saturated heterocycles. The Morgan fingerprint density at radius 2 is 1.08 bits per heavy atom. The quantitative estimate of drug-likeness (QED) is 0.134. The van der Waals surface area contributed by atoms with E-state index in [1.54, 1.807) is 39.0 Å². The predicted octanol–water partition coefficient (Wildman–Crippen LogP) is 10.2. The summed E-state index contributed by atoms with van der Waals surface area (Å²) in [6.07, 6.45) is 13.9. The van der Waals surface area contributed by atoms with E-state index in [2.05, 4.69) is 19.8 Å². The van der Waals surface area contributed by atoms with Crippen molar-refractivity contribution in [2.24, 2.45) is 5.92 Å². The maximum Gasteiger partial charge on any atom is 0.163 e. The molecule has 6 rings (SSSR count). The molecule has 2 saturated carbocycles. The number of methoxy groups -OCH3 is 2. The van der Waals surface area contributed by atoms with Crippen molar-refractivity contribution in [3.8, 4) is 23.0 Å². The van der Waals surface area contributed by atoms with Gasteiger partial charge in [-0.15, -0.1) is 0 Å². The van der Waals surface area contributed by atoms with E-state index in [1.807, 2.05) is 50.5 Å². The minimum absolute atomic E-state index is 0.276.